The third-order valence-electron chi connectivity index (χ3n) is 12.6. The van der Waals surface area contributed by atoms with Gasteiger partial charge in [0.05, 0.1) is 0 Å². The molecule has 0 N–H and O–H groups in total. The van der Waals surface area contributed by atoms with Gasteiger partial charge in [-0.1, -0.05) is 0 Å². The molecular formula is C55H72Zr. The minimum absolute atomic E-state index is 0.00759. The summed E-state index contributed by atoms with van der Waals surface area (Å²) in [7, 11) is 0. The van der Waals surface area contributed by atoms with Crippen LogP contribution in [0.2, 0.25) is 0 Å². The van der Waals surface area contributed by atoms with Crippen LogP contribution in [0, 0.1) is 11.3 Å². The minimum atomic E-state index is -3.16. The maximum absolute atomic E-state index is 3.16. The van der Waals surface area contributed by atoms with E-state index in [4.69, 9.17) is 0 Å². The molecule has 0 radical (unpaired) electrons. The van der Waals surface area contributed by atoms with Crippen molar-refractivity contribution in [2.24, 2.45) is 11.3 Å². The molecule has 6 rings (SSSR count). The SMILES string of the molecule is CCC1=[C]([Zr](=[C](c2ccc(C(C)(C)C)cc2)c2ccc(C(C)(C)C)cc2)[c]2c(C(C)(C)C)ccc3c2Cc2cc(C(C)(C)C)ccc2-3)C(CC)C=C1C(C)(C)C. The number of benzene rings is 4. The van der Waals surface area contributed by atoms with E-state index in [-0.39, 0.29) is 27.1 Å². The van der Waals surface area contributed by atoms with E-state index in [2.05, 4.69) is 203 Å². The molecule has 0 saturated carbocycles. The van der Waals surface area contributed by atoms with E-state index < -0.39 is 21.3 Å². The Balaban J connectivity index is 1.84. The Morgan fingerprint density at radius 2 is 1.04 bits per heavy atom. The number of rotatable bonds is 6. The van der Waals surface area contributed by atoms with Gasteiger partial charge in [0.1, 0.15) is 0 Å². The molecular weight excluding hydrogens is 752 g/mol. The van der Waals surface area contributed by atoms with Crippen LogP contribution in [0.4, 0.5) is 0 Å². The first-order valence-corrected chi connectivity index (χ1v) is 25.3. The van der Waals surface area contributed by atoms with Gasteiger partial charge in [-0.05, 0) is 0 Å². The maximum atomic E-state index is 2.72. The van der Waals surface area contributed by atoms with E-state index in [0.29, 0.717) is 5.92 Å². The zero-order valence-electron chi connectivity index (χ0n) is 38.3. The monoisotopic (exact) mass is 822 g/mol. The third kappa shape index (κ3) is 8.20. The number of hydrogen-bond donors (Lipinski definition) is 0. The summed E-state index contributed by atoms with van der Waals surface area (Å²) in [6.07, 6.45) is 5.95. The molecule has 0 bridgehead atoms. The van der Waals surface area contributed by atoms with Gasteiger partial charge in [-0.25, -0.2) is 0 Å². The molecule has 0 nitrogen and oxygen atoms in total. The first-order chi connectivity index (χ1) is 25.9. The molecule has 0 aromatic heterocycles. The summed E-state index contributed by atoms with van der Waals surface area (Å²) in [5, 5.41) is 0. The fraction of sp³-hybridized carbons (Fsp3) is 0.473. The van der Waals surface area contributed by atoms with Crippen molar-refractivity contribution in [1.82, 2.24) is 0 Å². The average molecular weight is 824 g/mol. The van der Waals surface area contributed by atoms with Crippen molar-refractivity contribution in [3.05, 3.63) is 144 Å². The molecule has 1 heteroatoms. The van der Waals surface area contributed by atoms with E-state index in [1.165, 1.54) is 44.5 Å². The molecule has 296 valence electrons. The van der Waals surface area contributed by atoms with Gasteiger partial charge >= 0.3 is 353 Å². The van der Waals surface area contributed by atoms with Crippen LogP contribution >= 0.6 is 0 Å². The van der Waals surface area contributed by atoms with E-state index in [1.807, 2.05) is 3.28 Å². The predicted octanol–water partition coefficient (Wildman–Crippen LogP) is 14.6. The number of hydrogen-bond acceptors (Lipinski definition) is 0. The average Bonchev–Trinajstić information content (AvgIpc) is 3.67. The number of allylic oxidation sites excluding steroid dienone is 4. The van der Waals surface area contributed by atoms with Crippen molar-refractivity contribution >= 4 is 6.48 Å². The summed E-state index contributed by atoms with van der Waals surface area (Å²) in [6, 6.07) is 32.2. The van der Waals surface area contributed by atoms with E-state index in [0.717, 1.165) is 19.3 Å². The van der Waals surface area contributed by atoms with Crippen LogP contribution in [-0.4, -0.2) is 3.21 Å². The quantitative estimate of drug-likeness (QED) is 0.160. The van der Waals surface area contributed by atoms with Gasteiger partial charge in [-0.3, -0.25) is 0 Å². The predicted molar refractivity (Wildman–Crippen MR) is 244 cm³/mol. The van der Waals surface area contributed by atoms with Gasteiger partial charge < -0.3 is 0 Å². The Morgan fingerprint density at radius 3 is 1.46 bits per heavy atom. The van der Waals surface area contributed by atoms with Crippen molar-refractivity contribution < 1.29 is 21.3 Å². The molecule has 2 aliphatic rings. The fourth-order valence-corrected chi connectivity index (χ4v) is 19.7. The Morgan fingerprint density at radius 1 is 0.554 bits per heavy atom. The third-order valence-corrected chi connectivity index (χ3v) is 20.8. The molecule has 0 spiro atoms. The van der Waals surface area contributed by atoms with Gasteiger partial charge in [-0.15, -0.1) is 0 Å². The second-order valence-electron chi connectivity index (χ2n) is 22.1. The van der Waals surface area contributed by atoms with Crippen LogP contribution in [0.1, 0.15) is 175 Å². The van der Waals surface area contributed by atoms with Crippen molar-refractivity contribution in [1.29, 1.82) is 0 Å². The van der Waals surface area contributed by atoms with Gasteiger partial charge in [0.15, 0.2) is 0 Å². The molecule has 2 aliphatic carbocycles. The molecule has 0 aliphatic heterocycles. The van der Waals surface area contributed by atoms with Crippen LogP contribution < -0.4 is 3.27 Å². The van der Waals surface area contributed by atoms with Crippen LogP contribution in [0.25, 0.3) is 11.1 Å². The Kier molecular flexibility index (Phi) is 11.5. The molecule has 56 heavy (non-hydrogen) atoms. The Labute approximate surface area is 350 Å². The normalized spacial score (nSPS) is 16.2. The Hall–Kier alpha value is -2.89. The van der Waals surface area contributed by atoms with E-state index in [9.17, 15) is 0 Å². The molecule has 0 fully saturated rings. The van der Waals surface area contributed by atoms with Crippen molar-refractivity contribution in [2.75, 3.05) is 0 Å². The van der Waals surface area contributed by atoms with Gasteiger partial charge in [0.2, 0.25) is 0 Å². The first kappa shape index (κ1) is 42.7. The topological polar surface area (TPSA) is 0 Å². The summed E-state index contributed by atoms with van der Waals surface area (Å²) < 4.78 is 5.20. The fourth-order valence-electron chi connectivity index (χ4n) is 9.27. The van der Waals surface area contributed by atoms with Gasteiger partial charge in [0.25, 0.3) is 0 Å². The standard InChI is InChI=1S/C21H25.C21H26.C13H21.Zr/c1-20(2,3)16-7-9-18-14(12-16)11-15-13-17(21(4,5)6)8-10-19(15)18;1-20(2,3)18-11-7-16(8-12-18)15-17-9-13-19(14-10-17)21(4,5)6;1-6-10-8-11(7-2)12(9-10)13(3,4)5;/h7-10,12H,11H2,1-6H3;7-14H,1-6H3;9-10H,6-7H2,1-5H3;. The zero-order valence-corrected chi connectivity index (χ0v) is 40.7. The van der Waals surface area contributed by atoms with Crippen LogP contribution in [0.15, 0.2) is 99.4 Å². The summed E-state index contributed by atoms with van der Waals surface area (Å²) in [5.74, 6) is 0.450. The molecule has 1 atom stereocenters. The van der Waals surface area contributed by atoms with Crippen LogP contribution in [0.5, 0.6) is 0 Å². The van der Waals surface area contributed by atoms with Gasteiger partial charge in [-0.2, -0.15) is 0 Å². The summed E-state index contributed by atoms with van der Waals surface area (Å²) in [5.41, 5.74) is 18.3. The zero-order chi connectivity index (χ0) is 41.3. The molecule has 1 unspecified atom stereocenters. The van der Waals surface area contributed by atoms with Crippen molar-refractivity contribution in [3.63, 3.8) is 0 Å². The second kappa shape index (κ2) is 15.0. The second-order valence-corrected chi connectivity index (χ2v) is 27.7. The first-order valence-electron chi connectivity index (χ1n) is 21.6. The molecule has 4 aromatic rings. The van der Waals surface area contributed by atoms with Crippen LogP contribution in [-0.2, 0) is 49.3 Å². The summed E-state index contributed by atoms with van der Waals surface area (Å²) >= 11 is -3.16. The van der Waals surface area contributed by atoms with E-state index in [1.54, 1.807) is 28.8 Å². The molecule has 4 aromatic carbocycles. The summed E-state index contributed by atoms with van der Waals surface area (Å²) in [4.78, 5) is 0. The summed E-state index contributed by atoms with van der Waals surface area (Å²) in [6.45, 7) is 40.7. The Bertz CT molecular complexity index is 2150. The molecule has 0 heterocycles. The van der Waals surface area contributed by atoms with E-state index >= 15 is 0 Å². The van der Waals surface area contributed by atoms with Gasteiger partial charge in [0, 0.05) is 0 Å². The number of fused-ring (bicyclic) bond motifs is 3. The molecule has 0 amide bonds. The van der Waals surface area contributed by atoms with Crippen molar-refractivity contribution in [3.8, 4) is 11.1 Å². The van der Waals surface area contributed by atoms with Crippen molar-refractivity contribution in [2.45, 2.75) is 159 Å². The van der Waals surface area contributed by atoms with Crippen LogP contribution in [0.3, 0.4) is 0 Å². The molecule has 0 saturated heterocycles.